The summed E-state index contributed by atoms with van der Waals surface area (Å²) in [6, 6.07) is 4.98. The second-order valence-electron chi connectivity index (χ2n) is 6.68. The van der Waals surface area contributed by atoms with Gasteiger partial charge in [-0.25, -0.2) is 14.6 Å². The number of benzene rings is 1. The number of ether oxygens (including phenoxy) is 2. The second kappa shape index (κ2) is 7.38. The van der Waals surface area contributed by atoms with Gasteiger partial charge in [-0.15, -0.1) is 11.3 Å². The fraction of sp³-hybridized carbons (Fsp3) is 0.412. The maximum absolute atomic E-state index is 12.4. The van der Waals surface area contributed by atoms with Crippen molar-refractivity contribution >= 4 is 39.4 Å². The Morgan fingerprint density at radius 2 is 1.92 bits per heavy atom. The molecule has 0 spiro atoms. The molecule has 1 amide bonds. The van der Waals surface area contributed by atoms with Gasteiger partial charge in [0.1, 0.15) is 5.60 Å². The van der Waals surface area contributed by atoms with E-state index in [9.17, 15) is 14.4 Å². The molecule has 0 fully saturated rings. The molecule has 9 heteroatoms. The SMILES string of the molecule is COC(=O)C(N)(CNC(=O)c1ccc2ncsc2c1)C(=O)OC(C)(C)C. The van der Waals surface area contributed by atoms with Gasteiger partial charge in [-0.2, -0.15) is 0 Å². The molecule has 2 aromatic rings. The summed E-state index contributed by atoms with van der Waals surface area (Å²) >= 11 is 1.40. The van der Waals surface area contributed by atoms with Gasteiger partial charge in [-0.3, -0.25) is 4.79 Å². The van der Waals surface area contributed by atoms with Gasteiger partial charge in [0.2, 0.25) is 5.54 Å². The molecule has 0 bridgehead atoms. The third kappa shape index (κ3) is 4.36. The molecule has 1 atom stereocenters. The first-order chi connectivity index (χ1) is 12.1. The number of fused-ring (bicyclic) bond motifs is 1. The third-order valence-electron chi connectivity index (χ3n) is 3.43. The van der Waals surface area contributed by atoms with E-state index in [0.717, 1.165) is 17.3 Å². The van der Waals surface area contributed by atoms with E-state index in [1.165, 1.54) is 11.3 Å². The number of esters is 2. The minimum absolute atomic E-state index is 0.359. The van der Waals surface area contributed by atoms with E-state index < -0.39 is 35.5 Å². The molecule has 26 heavy (non-hydrogen) atoms. The van der Waals surface area contributed by atoms with Gasteiger partial charge in [0.25, 0.3) is 5.91 Å². The number of nitrogens with two attached hydrogens (primary N) is 1. The maximum Gasteiger partial charge on any atom is 0.340 e. The summed E-state index contributed by atoms with van der Waals surface area (Å²) in [5.74, 6) is -2.46. The van der Waals surface area contributed by atoms with Gasteiger partial charge in [0.15, 0.2) is 0 Å². The lowest BCUT2D eigenvalue weighted by Gasteiger charge is -2.29. The summed E-state index contributed by atoms with van der Waals surface area (Å²) in [5.41, 5.74) is 5.75. The van der Waals surface area contributed by atoms with E-state index in [-0.39, 0.29) is 0 Å². The Morgan fingerprint density at radius 3 is 2.54 bits per heavy atom. The molecule has 8 nitrogen and oxygen atoms in total. The highest BCUT2D eigenvalue weighted by molar-refractivity contribution is 7.16. The molecule has 3 N–H and O–H groups in total. The molecule has 0 aliphatic carbocycles. The first-order valence-electron chi connectivity index (χ1n) is 7.79. The molecule has 1 unspecified atom stereocenters. The highest BCUT2D eigenvalue weighted by Gasteiger charge is 2.46. The van der Waals surface area contributed by atoms with Crippen LogP contribution in [0.25, 0.3) is 10.2 Å². The normalized spacial score (nSPS) is 13.7. The van der Waals surface area contributed by atoms with Crippen molar-refractivity contribution in [2.24, 2.45) is 5.73 Å². The molecule has 1 heterocycles. The van der Waals surface area contributed by atoms with Crippen LogP contribution in [0.4, 0.5) is 0 Å². The van der Waals surface area contributed by atoms with Crippen molar-refractivity contribution in [3.63, 3.8) is 0 Å². The zero-order chi connectivity index (χ0) is 19.5. The number of carbonyl (C=O) groups excluding carboxylic acids is 3. The molecule has 0 saturated carbocycles. The molecular weight excluding hydrogens is 358 g/mol. The topological polar surface area (TPSA) is 121 Å². The minimum atomic E-state index is -2.15. The van der Waals surface area contributed by atoms with E-state index in [0.29, 0.717) is 5.56 Å². The van der Waals surface area contributed by atoms with E-state index in [1.54, 1.807) is 44.5 Å². The number of carbonyl (C=O) groups is 3. The molecule has 1 aromatic carbocycles. The summed E-state index contributed by atoms with van der Waals surface area (Å²) in [6.45, 7) is 4.47. The fourth-order valence-electron chi connectivity index (χ4n) is 2.10. The number of aromatic nitrogens is 1. The Hall–Kier alpha value is -2.52. The van der Waals surface area contributed by atoms with Crippen molar-refractivity contribution in [3.8, 4) is 0 Å². The van der Waals surface area contributed by atoms with Crippen molar-refractivity contribution in [1.82, 2.24) is 10.3 Å². The molecule has 140 valence electrons. The monoisotopic (exact) mass is 379 g/mol. The minimum Gasteiger partial charge on any atom is -0.467 e. The highest BCUT2D eigenvalue weighted by atomic mass is 32.1. The predicted octanol–water partition coefficient (Wildman–Crippen LogP) is 1.24. The van der Waals surface area contributed by atoms with Crippen LogP contribution in [-0.2, 0) is 19.1 Å². The summed E-state index contributed by atoms with van der Waals surface area (Å²) in [7, 11) is 1.11. The number of amides is 1. The molecule has 0 aliphatic heterocycles. The molecule has 0 aliphatic rings. The molecule has 2 rings (SSSR count). The number of methoxy groups -OCH3 is 1. The van der Waals surface area contributed by atoms with Gasteiger partial charge < -0.3 is 20.5 Å². The maximum atomic E-state index is 12.4. The first-order valence-corrected chi connectivity index (χ1v) is 8.67. The van der Waals surface area contributed by atoms with Gasteiger partial charge in [-0.05, 0) is 39.0 Å². The Morgan fingerprint density at radius 1 is 1.23 bits per heavy atom. The third-order valence-corrected chi connectivity index (χ3v) is 4.23. The van der Waals surface area contributed by atoms with Crippen LogP contribution in [-0.4, -0.2) is 47.6 Å². The Bertz CT molecular complexity index is 842. The first kappa shape index (κ1) is 19.8. The van der Waals surface area contributed by atoms with Crippen LogP contribution in [0.1, 0.15) is 31.1 Å². The molecule has 0 radical (unpaired) electrons. The van der Waals surface area contributed by atoms with Crippen molar-refractivity contribution in [3.05, 3.63) is 29.3 Å². The second-order valence-corrected chi connectivity index (χ2v) is 7.57. The Labute approximate surface area is 154 Å². The number of hydrogen-bond acceptors (Lipinski definition) is 8. The highest BCUT2D eigenvalue weighted by Crippen LogP contribution is 2.19. The Balaban J connectivity index is 2.16. The van der Waals surface area contributed by atoms with E-state index in [1.807, 2.05) is 0 Å². The number of hydrogen-bond donors (Lipinski definition) is 2. The van der Waals surface area contributed by atoms with E-state index >= 15 is 0 Å². The smallest absolute Gasteiger partial charge is 0.340 e. The molecular formula is C17H21N3O5S. The van der Waals surface area contributed by atoms with Crippen molar-refractivity contribution in [1.29, 1.82) is 0 Å². The van der Waals surface area contributed by atoms with Crippen LogP contribution in [0.2, 0.25) is 0 Å². The van der Waals surface area contributed by atoms with Crippen LogP contribution in [0.3, 0.4) is 0 Å². The quantitative estimate of drug-likeness (QED) is 0.592. The summed E-state index contributed by atoms with van der Waals surface area (Å²) in [6.07, 6.45) is 0. The van der Waals surface area contributed by atoms with Crippen LogP contribution < -0.4 is 11.1 Å². The lowest BCUT2D eigenvalue weighted by Crippen LogP contribution is -2.63. The Kier molecular flexibility index (Phi) is 5.62. The lowest BCUT2D eigenvalue weighted by molar-refractivity contribution is -0.170. The lowest BCUT2D eigenvalue weighted by atomic mass is 10.0. The van der Waals surface area contributed by atoms with Crippen LogP contribution >= 0.6 is 11.3 Å². The van der Waals surface area contributed by atoms with Crippen molar-refractivity contribution in [2.45, 2.75) is 31.9 Å². The summed E-state index contributed by atoms with van der Waals surface area (Å²) in [5, 5.41) is 2.50. The number of nitrogens with zero attached hydrogens (tertiary/aromatic N) is 1. The standard InChI is InChI=1S/C17H21N3O5S/c1-16(2,3)25-15(23)17(18,14(22)24-4)8-19-13(21)10-5-6-11-12(7-10)26-9-20-11/h5-7,9H,8,18H2,1-4H3,(H,19,21). The number of nitrogens with one attached hydrogen (secondary N) is 1. The molecule has 0 saturated heterocycles. The van der Waals surface area contributed by atoms with Gasteiger partial charge >= 0.3 is 11.9 Å². The summed E-state index contributed by atoms with van der Waals surface area (Å²) in [4.78, 5) is 40.9. The zero-order valence-electron chi connectivity index (χ0n) is 15.0. The largest absolute Gasteiger partial charge is 0.467 e. The predicted molar refractivity (Wildman–Crippen MR) is 96.7 cm³/mol. The van der Waals surface area contributed by atoms with Crippen LogP contribution in [0.5, 0.6) is 0 Å². The van der Waals surface area contributed by atoms with Crippen molar-refractivity contribution in [2.75, 3.05) is 13.7 Å². The fourth-order valence-corrected chi connectivity index (χ4v) is 2.81. The van der Waals surface area contributed by atoms with Crippen molar-refractivity contribution < 1.29 is 23.9 Å². The van der Waals surface area contributed by atoms with Crippen LogP contribution in [0, 0.1) is 0 Å². The molecule has 1 aromatic heterocycles. The van der Waals surface area contributed by atoms with Gasteiger partial charge in [0.05, 0.1) is 29.4 Å². The van der Waals surface area contributed by atoms with Crippen LogP contribution in [0.15, 0.2) is 23.7 Å². The number of thiazole rings is 1. The number of rotatable bonds is 5. The average molecular weight is 379 g/mol. The van der Waals surface area contributed by atoms with Gasteiger partial charge in [0, 0.05) is 5.56 Å². The van der Waals surface area contributed by atoms with E-state index in [2.05, 4.69) is 15.0 Å². The van der Waals surface area contributed by atoms with Gasteiger partial charge in [-0.1, -0.05) is 0 Å². The zero-order valence-corrected chi connectivity index (χ0v) is 15.8. The van der Waals surface area contributed by atoms with E-state index in [4.69, 9.17) is 10.5 Å². The average Bonchev–Trinajstić information content (AvgIpc) is 3.04. The summed E-state index contributed by atoms with van der Waals surface area (Å²) < 4.78 is 10.6.